The van der Waals surface area contributed by atoms with Crippen molar-refractivity contribution in [3.8, 4) is 6.07 Å². The zero-order chi connectivity index (χ0) is 20.4. The molecule has 0 bridgehead atoms. The van der Waals surface area contributed by atoms with Crippen molar-refractivity contribution in [2.75, 3.05) is 4.90 Å². The number of hydrogen-bond acceptors (Lipinski definition) is 2. The van der Waals surface area contributed by atoms with E-state index in [4.69, 9.17) is 23.2 Å². The van der Waals surface area contributed by atoms with Crippen LogP contribution in [0, 0.1) is 11.3 Å². The molecule has 0 saturated carbocycles. The highest BCUT2D eigenvalue weighted by Gasteiger charge is 2.50. The summed E-state index contributed by atoms with van der Waals surface area (Å²) in [7, 11) is 0. The van der Waals surface area contributed by atoms with Gasteiger partial charge in [-0.15, -0.1) is 0 Å². The molecule has 0 aromatic heterocycles. The lowest BCUT2D eigenvalue weighted by Gasteiger charge is -2.27. The lowest BCUT2D eigenvalue weighted by molar-refractivity contribution is -0.123. The molecule has 3 nitrogen and oxygen atoms in total. The second-order valence-electron chi connectivity index (χ2n) is 7.26. The van der Waals surface area contributed by atoms with E-state index < -0.39 is 5.41 Å². The number of nitrogens with zero attached hydrogens (tertiary/aromatic N) is 2. The molecule has 1 aliphatic rings. The normalized spacial score (nSPS) is 17.8. The third-order valence-corrected chi connectivity index (χ3v) is 5.92. The van der Waals surface area contributed by atoms with Crippen LogP contribution in [-0.4, -0.2) is 5.91 Å². The number of halogens is 2. The summed E-state index contributed by atoms with van der Waals surface area (Å²) in [6.45, 7) is 0.431. The van der Waals surface area contributed by atoms with Crippen molar-refractivity contribution in [1.82, 2.24) is 0 Å². The van der Waals surface area contributed by atoms with E-state index in [0.29, 0.717) is 23.0 Å². The molecular weight excluding hydrogens is 403 g/mol. The van der Waals surface area contributed by atoms with Crippen molar-refractivity contribution >= 4 is 34.8 Å². The maximum atomic E-state index is 13.7. The largest absolute Gasteiger partial charge is 0.307 e. The molecule has 5 heteroatoms. The molecule has 0 aliphatic carbocycles. The predicted octanol–water partition coefficient (Wildman–Crippen LogP) is 5.93. The topological polar surface area (TPSA) is 44.1 Å². The van der Waals surface area contributed by atoms with Crippen LogP contribution in [0.2, 0.25) is 10.0 Å². The van der Waals surface area contributed by atoms with Crippen molar-refractivity contribution in [3.63, 3.8) is 0 Å². The Labute approximate surface area is 180 Å². The predicted molar refractivity (Wildman–Crippen MR) is 116 cm³/mol. The zero-order valence-corrected chi connectivity index (χ0v) is 17.1. The SMILES string of the molecule is N#CCC1(Cc2ccc(Cl)cc2)C(=O)N(Cc2ccc(Cl)cc2)c2ccccc21. The number of anilines is 1. The Balaban J connectivity index is 1.77. The number of carbonyl (C=O) groups excluding carboxylic acids is 1. The van der Waals surface area contributed by atoms with Crippen molar-refractivity contribution < 1.29 is 4.79 Å². The molecule has 1 amide bonds. The first kappa shape index (κ1) is 19.5. The monoisotopic (exact) mass is 420 g/mol. The van der Waals surface area contributed by atoms with E-state index in [-0.39, 0.29) is 12.3 Å². The number of fused-ring (bicyclic) bond motifs is 1. The van der Waals surface area contributed by atoms with Crippen molar-refractivity contribution in [2.45, 2.75) is 24.8 Å². The molecule has 0 fully saturated rings. The Morgan fingerprint density at radius 2 is 1.45 bits per heavy atom. The fraction of sp³-hybridized carbons (Fsp3) is 0.167. The van der Waals surface area contributed by atoms with Gasteiger partial charge in [0, 0.05) is 15.7 Å². The molecule has 1 unspecified atom stereocenters. The van der Waals surface area contributed by atoms with Gasteiger partial charge in [0.05, 0.1) is 24.4 Å². The molecule has 1 aliphatic heterocycles. The Hall–Kier alpha value is -2.80. The van der Waals surface area contributed by atoms with Gasteiger partial charge in [-0.2, -0.15) is 5.26 Å². The lowest BCUT2D eigenvalue weighted by Crippen LogP contribution is -2.41. The van der Waals surface area contributed by atoms with Gasteiger partial charge in [-0.25, -0.2) is 0 Å². The van der Waals surface area contributed by atoms with Crippen LogP contribution in [0.25, 0.3) is 0 Å². The van der Waals surface area contributed by atoms with Crippen molar-refractivity contribution in [1.29, 1.82) is 5.26 Å². The van der Waals surface area contributed by atoms with Gasteiger partial charge in [0.15, 0.2) is 0 Å². The Bertz CT molecular complexity index is 1090. The molecule has 0 spiro atoms. The highest BCUT2D eigenvalue weighted by Crippen LogP contribution is 2.46. The van der Waals surface area contributed by atoms with Crippen LogP contribution in [-0.2, 0) is 23.2 Å². The van der Waals surface area contributed by atoms with Gasteiger partial charge in [0.2, 0.25) is 5.91 Å². The number of benzene rings is 3. The summed E-state index contributed by atoms with van der Waals surface area (Å²) < 4.78 is 0. The number of carbonyl (C=O) groups is 1. The van der Waals surface area contributed by atoms with Crippen LogP contribution in [0.3, 0.4) is 0 Å². The maximum Gasteiger partial charge on any atom is 0.239 e. The standard InChI is InChI=1S/C24H18Cl2N2O/c25-19-9-5-17(6-10-19)15-24(13-14-27)21-3-1-2-4-22(21)28(23(24)29)16-18-7-11-20(26)12-8-18/h1-12H,13,15-16H2. The van der Waals surface area contributed by atoms with Crippen LogP contribution in [0.4, 0.5) is 5.69 Å². The van der Waals surface area contributed by atoms with Crippen molar-refractivity contribution in [3.05, 3.63) is 99.5 Å². The van der Waals surface area contributed by atoms with Crippen LogP contribution >= 0.6 is 23.2 Å². The molecule has 0 N–H and O–H groups in total. The summed E-state index contributed by atoms with van der Waals surface area (Å²) >= 11 is 12.0. The third kappa shape index (κ3) is 3.62. The van der Waals surface area contributed by atoms with E-state index in [1.165, 1.54) is 0 Å². The first-order valence-corrected chi connectivity index (χ1v) is 10.1. The third-order valence-electron chi connectivity index (χ3n) is 5.42. The number of rotatable bonds is 5. The van der Waals surface area contributed by atoms with E-state index in [2.05, 4.69) is 6.07 Å². The van der Waals surface area contributed by atoms with Crippen LogP contribution < -0.4 is 4.90 Å². The summed E-state index contributed by atoms with van der Waals surface area (Å²) in [5.41, 5.74) is 2.80. The maximum absolute atomic E-state index is 13.7. The summed E-state index contributed by atoms with van der Waals surface area (Å²) in [4.78, 5) is 15.5. The number of nitriles is 1. The fourth-order valence-corrected chi connectivity index (χ4v) is 4.27. The molecule has 4 rings (SSSR count). The van der Waals surface area contributed by atoms with E-state index in [1.54, 1.807) is 4.90 Å². The fourth-order valence-electron chi connectivity index (χ4n) is 4.02. The molecule has 0 radical (unpaired) electrons. The highest BCUT2D eigenvalue weighted by atomic mass is 35.5. The molecule has 29 heavy (non-hydrogen) atoms. The Morgan fingerprint density at radius 1 is 0.862 bits per heavy atom. The second-order valence-corrected chi connectivity index (χ2v) is 8.13. The van der Waals surface area contributed by atoms with Gasteiger partial charge in [-0.05, 0) is 53.4 Å². The van der Waals surface area contributed by atoms with E-state index >= 15 is 0 Å². The minimum absolute atomic E-state index is 0.0508. The van der Waals surface area contributed by atoms with Gasteiger partial charge in [0.1, 0.15) is 0 Å². The molecule has 144 valence electrons. The van der Waals surface area contributed by atoms with E-state index in [0.717, 1.165) is 22.4 Å². The average Bonchev–Trinajstić information content (AvgIpc) is 2.95. The Kier molecular flexibility index (Phi) is 5.32. The second kappa shape index (κ2) is 7.91. The number of amides is 1. The average molecular weight is 421 g/mol. The zero-order valence-electron chi connectivity index (χ0n) is 15.6. The van der Waals surface area contributed by atoms with Crippen LogP contribution in [0.1, 0.15) is 23.1 Å². The quantitative estimate of drug-likeness (QED) is 0.512. The van der Waals surface area contributed by atoms with Gasteiger partial charge >= 0.3 is 0 Å². The van der Waals surface area contributed by atoms with Crippen molar-refractivity contribution in [2.24, 2.45) is 0 Å². The van der Waals surface area contributed by atoms with E-state index in [9.17, 15) is 10.1 Å². The first-order valence-electron chi connectivity index (χ1n) is 9.31. The molecule has 1 atom stereocenters. The minimum atomic E-state index is -0.911. The summed E-state index contributed by atoms with van der Waals surface area (Å²) in [5, 5.41) is 10.9. The number of para-hydroxylation sites is 1. The van der Waals surface area contributed by atoms with Gasteiger partial charge < -0.3 is 4.90 Å². The van der Waals surface area contributed by atoms with Crippen LogP contribution in [0.15, 0.2) is 72.8 Å². The smallest absolute Gasteiger partial charge is 0.239 e. The summed E-state index contributed by atoms with van der Waals surface area (Å²) in [5.74, 6) is -0.0508. The van der Waals surface area contributed by atoms with Gasteiger partial charge in [-0.1, -0.05) is 65.7 Å². The van der Waals surface area contributed by atoms with Gasteiger partial charge in [0.25, 0.3) is 0 Å². The molecule has 3 aromatic rings. The number of hydrogen-bond donors (Lipinski definition) is 0. The molecule has 3 aromatic carbocycles. The van der Waals surface area contributed by atoms with Gasteiger partial charge in [-0.3, -0.25) is 4.79 Å². The molecule has 0 saturated heterocycles. The molecular formula is C24H18Cl2N2O. The first-order chi connectivity index (χ1) is 14.0. The summed E-state index contributed by atoms with van der Waals surface area (Å²) in [6.07, 6.45) is 0.563. The minimum Gasteiger partial charge on any atom is -0.307 e. The molecule has 1 heterocycles. The van der Waals surface area contributed by atoms with E-state index in [1.807, 2.05) is 72.8 Å². The summed E-state index contributed by atoms with van der Waals surface area (Å²) in [6, 6.07) is 24.9. The highest BCUT2D eigenvalue weighted by molar-refractivity contribution is 6.30. The Morgan fingerprint density at radius 3 is 2.07 bits per heavy atom. The lowest BCUT2D eigenvalue weighted by atomic mass is 9.74. The van der Waals surface area contributed by atoms with Crippen LogP contribution in [0.5, 0.6) is 0 Å².